The maximum absolute atomic E-state index is 9.06. The molecule has 1 aromatic rings. The Labute approximate surface area is 154 Å². The van der Waals surface area contributed by atoms with Crippen molar-refractivity contribution in [2.75, 3.05) is 23.6 Å². The van der Waals surface area contributed by atoms with Crippen LogP contribution in [0.25, 0.3) is 0 Å². The van der Waals surface area contributed by atoms with Crippen LogP contribution >= 0.6 is 23.2 Å². The number of ether oxygens (including phenoxy) is 3. The molecule has 0 amide bonds. The Morgan fingerprint density at radius 3 is 2.84 bits per heavy atom. The van der Waals surface area contributed by atoms with Gasteiger partial charge in [-0.3, -0.25) is 10.4 Å². The number of aliphatic hydroxyl groups excluding tert-OH is 1. The van der Waals surface area contributed by atoms with Crippen LogP contribution in [-0.4, -0.2) is 58.4 Å². The van der Waals surface area contributed by atoms with E-state index in [1.165, 1.54) is 0 Å². The Morgan fingerprint density at radius 1 is 1.32 bits per heavy atom. The average Bonchev–Trinajstić information content (AvgIpc) is 3.16. The molecule has 1 aliphatic carbocycles. The molecule has 1 saturated carbocycles. The first kappa shape index (κ1) is 17.5. The van der Waals surface area contributed by atoms with Crippen molar-refractivity contribution in [2.24, 2.45) is 0 Å². The fourth-order valence-electron chi connectivity index (χ4n) is 3.62. The number of rotatable bonds is 4. The molecule has 4 atom stereocenters. The first-order chi connectivity index (χ1) is 11.9. The lowest BCUT2D eigenvalue weighted by atomic mass is 10.2. The van der Waals surface area contributed by atoms with E-state index in [0.717, 1.165) is 0 Å². The Balaban J connectivity index is 1.63. The maximum atomic E-state index is 9.06. The summed E-state index contributed by atoms with van der Waals surface area (Å²) >= 11 is 12.1. The molecular formula is C14H19Cl2N5O4. The summed E-state index contributed by atoms with van der Waals surface area (Å²) in [5.41, 5.74) is 6.57. The van der Waals surface area contributed by atoms with E-state index in [9.17, 15) is 0 Å². The highest BCUT2D eigenvalue weighted by Gasteiger charge is 2.57. The highest BCUT2D eigenvalue weighted by molar-refractivity contribution is 6.34. The van der Waals surface area contributed by atoms with Crippen LogP contribution in [0.2, 0.25) is 10.4 Å². The molecule has 2 aliphatic heterocycles. The highest BCUT2D eigenvalue weighted by Crippen LogP contribution is 2.44. The fraction of sp³-hybridized carbons (Fsp3) is 0.714. The molecule has 4 rings (SSSR count). The molecule has 2 fully saturated rings. The number of hydrogen-bond acceptors (Lipinski definition) is 9. The topological polar surface area (TPSA) is 101 Å². The maximum Gasteiger partial charge on any atom is 0.225 e. The number of nitrogens with one attached hydrogen (secondary N) is 2. The van der Waals surface area contributed by atoms with Crippen molar-refractivity contribution < 1.29 is 19.3 Å². The summed E-state index contributed by atoms with van der Waals surface area (Å²) in [6.07, 6.45) is -0.0714. The summed E-state index contributed by atoms with van der Waals surface area (Å²) in [6.45, 7) is 3.93. The summed E-state index contributed by atoms with van der Waals surface area (Å²) in [6, 6.07) is -0.133. The average molecular weight is 392 g/mol. The van der Waals surface area contributed by atoms with Crippen LogP contribution in [0.5, 0.6) is 0 Å². The summed E-state index contributed by atoms with van der Waals surface area (Å²) in [4.78, 5) is 8.21. The normalized spacial score (nSPS) is 32.6. The minimum atomic E-state index is -0.716. The monoisotopic (exact) mass is 391 g/mol. The van der Waals surface area contributed by atoms with Crippen molar-refractivity contribution in [1.29, 1.82) is 0 Å². The second-order valence-electron chi connectivity index (χ2n) is 6.59. The molecule has 9 nitrogen and oxygen atoms in total. The van der Waals surface area contributed by atoms with Crippen molar-refractivity contribution in [3.8, 4) is 0 Å². The van der Waals surface area contributed by atoms with Crippen LogP contribution in [0.1, 0.15) is 20.3 Å². The second-order valence-corrected chi connectivity index (χ2v) is 7.29. The van der Waals surface area contributed by atoms with Gasteiger partial charge in [-0.15, -0.1) is 5.53 Å². The second kappa shape index (κ2) is 6.34. The lowest BCUT2D eigenvalue weighted by molar-refractivity contribution is -0.168. The van der Waals surface area contributed by atoms with Gasteiger partial charge in [-0.2, -0.15) is 4.98 Å². The van der Waals surface area contributed by atoms with Gasteiger partial charge in [-0.05, 0) is 25.4 Å². The van der Waals surface area contributed by atoms with Gasteiger partial charge in [0.2, 0.25) is 5.28 Å². The van der Waals surface area contributed by atoms with Gasteiger partial charge in [0, 0.05) is 6.42 Å². The smallest absolute Gasteiger partial charge is 0.225 e. The molecular weight excluding hydrogens is 373 g/mol. The molecule has 11 heteroatoms. The van der Waals surface area contributed by atoms with Gasteiger partial charge in [0.25, 0.3) is 0 Å². The van der Waals surface area contributed by atoms with Crippen molar-refractivity contribution in [2.45, 2.75) is 50.4 Å². The Kier molecular flexibility index (Phi) is 4.43. The molecule has 3 N–H and O–H groups in total. The predicted molar refractivity (Wildman–Crippen MR) is 90.3 cm³/mol. The number of fused-ring (bicyclic) bond motifs is 2. The van der Waals surface area contributed by atoms with E-state index >= 15 is 0 Å². The number of halogens is 2. The molecule has 1 aromatic heterocycles. The van der Waals surface area contributed by atoms with E-state index < -0.39 is 5.79 Å². The molecule has 3 heterocycles. The first-order valence-corrected chi connectivity index (χ1v) is 8.77. The third-order valence-corrected chi connectivity index (χ3v) is 4.93. The largest absolute Gasteiger partial charge is 0.394 e. The van der Waals surface area contributed by atoms with Gasteiger partial charge in [0.15, 0.2) is 16.8 Å². The molecule has 138 valence electrons. The van der Waals surface area contributed by atoms with Crippen LogP contribution in [0.15, 0.2) is 0 Å². The SMILES string of the molecule is CC1(C)O[C@@H]2[C@H](O1)[C@@H](OCCO)C[C@H]2N1NNc2c(Cl)nc(Cl)nc21. The van der Waals surface area contributed by atoms with Gasteiger partial charge in [0.1, 0.15) is 17.9 Å². The fourth-order valence-corrected chi connectivity index (χ4v) is 4.04. The number of aromatic nitrogens is 2. The molecule has 0 spiro atoms. The van der Waals surface area contributed by atoms with Crippen molar-refractivity contribution in [3.63, 3.8) is 0 Å². The van der Waals surface area contributed by atoms with Crippen molar-refractivity contribution in [3.05, 3.63) is 10.4 Å². The standard InChI is InChI=1S/C14H19Cl2N5O4/c1-14(2)24-9-6(5-7(10(9)25-14)23-4-3-22)21-12-8(19-20-21)11(15)17-13(16)18-12/h6-7,9-10,19-20,22H,3-5H2,1-2H3/t6-,7+,9+,10-/m1/s1. The van der Waals surface area contributed by atoms with Crippen LogP contribution in [0.4, 0.5) is 11.5 Å². The Bertz CT molecular complexity index is 679. The summed E-state index contributed by atoms with van der Waals surface area (Å²) in [5.74, 6) is -0.170. The lowest BCUT2D eigenvalue weighted by Crippen LogP contribution is -2.49. The third-order valence-electron chi connectivity index (χ3n) is 4.49. The molecule has 0 aromatic carbocycles. The van der Waals surface area contributed by atoms with Crippen LogP contribution < -0.4 is 16.0 Å². The lowest BCUT2D eigenvalue weighted by Gasteiger charge is -2.29. The van der Waals surface area contributed by atoms with Crippen molar-refractivity contribution in [1.82, 2.24) is 15.5 Å². The van der Waals surface area contributed by atoms with E-state index in [4.69, 9.17) is 42.5 Å². The highest BCUT2D eigenvalue weighted by atomic mass is 35.5. The van der Waals surface area contributed by atoms with Crippen molar-refractivity contribution >= 4 is 34.7 Å². The van der Waals surface area contributed by atoms with Crippen LogP contribution in [0.3, 0.4) is 0 Å². The third kappa shape index (κ3) is 3.03. The molecule has 3 aliphatic rings. The van der Waals surface area contributed by atoms with E-state index in [0.29, 0.717) is 17.9 Å². The summed E-state index contributed by atoms with van der Waals surface area (Å²) in [7, 11) is 0. The van der Waals surface area contributed by atoms with Gasteiger partial charge < -0.3 is 19.3 Å². The van der Waals surface area contributed by atoms with E-state index in [1.807, 2.05) is 18.9 Å². The van der Waals surface area contributed by atoms with Gasteiger partial charge in [-0.25, -0.2) is 4.98 Å². The van der Waals surface area contributed by atoms with Gasteiger partial charge >= 0.3 is 0 Å². The van der Waals surface area contributed by atoms with E-state index in [2.05, 4.69) is 20.9 Å². The number of nitrogens with zero attached hydrogens (tertiary/aromatic N) is 3. The summed E-state index contributed by atoms with van der Waals surface area (Å²) < 4.78 is 17.9. The number of anilines is 2. The molecule has 25 heavy (non-hydrogen) atoms. The Hall–Kier alpha value is -0.940. The van der Waals surface area contributed by atoms with Gasteiger partial charge in [-0.1, -0.05) is 11.6 Å². The molecule has 0 bridgehead atoms. The number of hydrazine groups is 2. The predicted octanol–water partition coefficient (Wildman–Crippen LogP) is 1.10. The quantitative estimate of drug-likeness (QED) is 0.514. The van der Waals surface area contributed by atoms with Crippen LogP contribution in [0, 0.1) is 0 Å². The van der Waals surface area contributed by atoms with E-state index in [1.54, 1.807) is 0 Å². The summed E-state index contributed by atoms with van der Waals surface area (Å²) in [5, 5.41) is 11.2. The minimum Gasteiger partial charge on any atom is -0.394 e. The molecule has 0 radical (unpaired) electrons. The zero-order valence-electron chi connectivity index (χ0n) is 13.7. The number of hydrogen-bond donors (Lipinski definition) is 3. The van der Waals surface area contributed by atoms with Crippen LogP contribution in [-0.2, 0) is 14.2 Å². The molecule has 1 saturated heterocycles. The van der Waals surface area contributed by atoms with Gasteiger partial charge in [0.05, 0.1) is 25.4 Å². The minimum absolute atomic E-state index is 0.0480. The Morgan fingerprint density at radius 2 is 2.08 bits per heavy atom. The zero-order valence-corrected chi connectivity index (χ0v) is 15.2. The number of aliphatic hydroxyl groups is 1. The molecule has 0 unspecified atom stereocenters. The zero-order chi connectivity index (χ0) is 17.8. The van der Waals surface area contributed by atoms with E-state index in [-0.39, 0.29) is 48.0 Å². The first-order valence-electron chi connectivity index (χ1n) is 8.01.